The number of rotatable bonds is 4. The second kappa shape index (κ2) is 7.24. The predicted molar refractivity (Wildman–Crippen MR) is 126 cm³/mol. The van der Waals surface area contributed by atoms with Crippen molar-refractivity contribution in [1.29, 1.82) is 0 Å². The molecule has 0 unspecified atom stereocenters. The number of piperazine rings is 1. The van der Waals surface area contributed by atoms with E-state index >= 15 is 0 Å². The minimum atomic E-state index is 0.602. The Bertz CT molecular complexity index is 1310. The number of pyridine rings is 2. The lowest BCUT2D eigenvalue weighted by molar-refractivity contribution is 0.413. The maximum atomic E-state index is 5.22. The molecule has 1 saturated heterocycles. The van der Waals surface area contributed by atoms with Crippen molar-refractivity contribution in [3.8, 4) is 11.4 Å². The topological polar surface area (TPSA) is 82.6 Å². The molecular formula is C25H27N7. The smallest absolute Gasteiger partial charge is 0.163 e. The standard InChI is InChI=1S/C25H27N7/c1-2-16(3-1)20-12-18-17(6-7-28-23(18)29-20)24-30-21-14-27-13-19(15-4-5-15)22(21)25(31-24)32-10-8-26-9-11-32/h6-7,12-16,26H,1-5,8-11H2,(H,28,29). The number of anilines is 1. The van der Waals surface area contributed by atoms with Gasteiger partial charge in [-0.1, -0.05) is 6.42 Å². The van der Waals surface area contributed by atoms with Gasteiger partial charge in [-0.3, -0.25) is 4.98 Å². The quantitative estimate of drug-likeness (QED) is 0.512. The number of H-pyrrole nitrogens is 1. The molecular weight excluding hydrogens is 398 g/mol. The lowest BCUT2D eigenvalue weighted by Gasteiger charge is -2.30. The Kier molecular flexibility index (Phi) is 4.18. The first-order valence-corrected chi connectivity index (χ1v) is 11.9. The van der Waals surface area contributed by atoms with Gasteiger partial charge < -0.3 is 15.2 Å². The van der Waals surface area contributed by atoms with Crippen LogP contribution < -0.4 is 10.2 Å². The summed E-state index contributed by atoms with van der Waals surface area (Å²) in [5.41, 5.74) is 5.55. The Labute approximate surface area is 186 Å². The maximum Gasteiger partial charge on any atom is 0.163 e. The third-order valence-corrected chi connectivity index (χ3v) is 7.39. The van der Waals surface area contributed by atoms with Crippen molar-refractivity contribution in [2.24, 2.45) is 0 Å². The van der Waals surface area contributed by atoms with Crippen molar-refractivity contribution in [3.05, 3.63) is 42.0 Å². The number of aromatic nitrogens is 5. The van der Waals surface area contributed by atoms with Crippen LogP contribution in [0.4, 0.5) is 5.82 Å². The van der Waals surface area contributed by atoms with Gasteiger partial charge in [0.25, 0.3) is 0 Å². The van der Waals surface area contributed by atoms with Crippen LogP contribution in [0.5, 0.6) is 0 Å². The molecule has 4 aromatic rings. The molecule has 7 rings (SSSR count). The third-order valence-electron chi connectivity index (χ3n) is 7.39. The third kappa shape index (κ3) is 2.98. The first-order chi connectivity index (χ1) is 15.8. The molecule has 7 nitrogen and oxygen atoms in total. The van der Waals surface area contributed by atoms with Crippen LogP contribution in [0, 0.1) is 0 Å². The molecule has 0 atom stereocenters. The fourth-order valence-corrected chi connectivity index (χ4v) is 5.20. The molecule has 3 aliphatic rings. The molecule has 2 saturated carbocycles. The Morgan fingerprint density at radius 3 is 2.62 bits per heavy atom. The zero-order chi connectivity index (χ0) is 21.1. The minimum absolute atomic E-state index is 0.602. The molecule has 0 amide bonds. The van der Waals surface area contributed by atoms with Crippen molar-refractivity contribution in [3.63, 3.8) is 0 Å². The van der Waals surface area contributed by atoms with E-state index in [9.17, 15) is 0 Å². The second-order valence-corrected chi connectivity index (χ2v) is 9.48. The highest BCUT2D eigenvalue weighted by Gasteiger charge is 2.29. The van der Waals surface area contributed by atoms with Crippen LogP contribution in [0.3, 0.4) is 0 Å². The highest BCUT2D eigenvalue weighted by atomic mass is 15.2. The van der Waals surface area contributed by atoms with Crippen LogP contribution in [0.25, 0.3) is 33.3 Å². The average molecular weight is 426 g/mol. The van der Waals surface area contributed by atoms with Crippen molar-refractivity contribution in [1.82, 2.24) is 30.2 Å². The predicted octanol–water partition coefficient (Wildman–Crippen LogP) is 4.12. The van der Waals surface area contributed by atoms with E-state index in [0.29, 0.717) is 11.8 Å². The summed E-state index contributed by atoms with van der Waals surface area (Å²) in [6, 6.07) is 4.33. The van der Waals surface area contributed by atoms with Crippen LogP contribution in [-0.2, 0) is 0 Å². The lowest BCUT2D eigenvalue weighted by Crippen LogP contribution is -2.44. The molecule has 2 aliphatic carbocycles. The Hall–Kier alpha value is -3.06. The Morgan fingerprint density at radius 1 is 0.969 bits per heavy atom. The molecule has 5 heterocycles. The fraction of sp³-hybridized carbons (Fsp3) is 0.440. The number of fused-ring (bicyclic) bond motifs is 2. The van der Waals surface area contributed by atoms with Gasteiger partial charge in [0.2, 0.25) is 0 Å². The molecule has 0 radical (unpaired) electrons. The zero-order valence-corrected chi connectivity index (χ0v) is 18.1. The molecule has 162 valence electrons. The average Bonchev–Trinajstić information content (AvgIpc) is 3.56. The summed E-state index contributed by atoms with van der Waals surface area (Å²) < 4.78 is 0. The molecule has 0 aromatic carbocycles. The van der Waals surface area contributed by atoms with Crippen molar-refractivity contribution < 1.29 is 0 Å². The van der Waals surface area contributed by atoms with E-state index in [4.69, 9.17) is 9.97 Å². The Balaban J connectivity index is 1.43. The van der Waals surface area contributed by atoms with E-state index in [2.05, 4.69) is 37.3 Å². The van der Waals surface area contributed by atoms with Crippen molar-refractivity contribution >= 4 is 27.8 Å². The summed E-state index contributed by atoms with van der Waals surface area (Å²) in [6.45, 7) is 3.87. The van der Waals surface area contributed by atoms with Gasteiger partial charge in [-0.2, -0.15) is 0 Å². The highest BCUT2D eigenvalue weighted by molar-refractivity contribution is 5.97. The van der Waals surface area contributed by atoms with Gasteiger partial charge in [0.1, 0.15) is 11.5 Å². The fourth-order valence-electron chi connectivity index (χ4n) is 5.20. The van der Waals surface area contributed by atoms with Gasteiger partial charge in [0, 0.05) is 60.6 Å². The van der Waals surface area contributed by atoms with Crippen molar-refractivity contribution in [2.75, 3.05) is 31.1 Å². The highest BCUT2D eigenvalue weighted by Crippen LogP contribution is 2.45. The van der Waals surface area contributed by atoms with E-state index in [-0.39, 0.29) is 0 Å². The van der Waals surface area contributed by atoms with Gasteiger partial charge in [-0.15, -0.1) is 0 Å². The molecule has 3 fully saturated rings. The van der Waals surface area contributed by atoms with Crippen LogP contribution in [0.1, 0.15) is 55.2 Å². The van der Waals surface area contributed by atoms with E-state index in [1.807, 2.05) is 18.6 Å². The summed E-state index contributed by atoms with van der Waals surface area (Å²) >= 11 is 0. The number of hydrogen-bond acceptors (Lipinski definition) is 6. The Morgan fingerprint density at radius 2 is 1.84 bits per heavy atom. The van der Waals surface area contributed by atoms with Gasteiger partial charge in [-0.25, -0.2) is 15.0 Å². The van der Waals surface area contributed by atoms with Crippen LogP contribution >= 0.6 is 0 Å². The van der Waals surface area contributed by atoms with Crippen LogP contribution in [0.2, 0.25) is 0 Å². The lowest BCUT2D eigenvalue weighted by atomic mass is 9.83. The first-order valence-electron chi connectivity index (χ1n) is 11.9. The van der Waals surface area contributed by atoms with Gasteiger partial charge in [-0.05, 0) is 55.2 Å². The number of nitrogens with one attached hydrogen (secondary N) is 2. The molecule has 0 bridgehead atoms. The second-order valence-electron chi connectivity index (χ2n) is 9.48. The summed E-state index contributed by atoms with van der Waals surface area (Å²) in [7, 11) is 0. The number of hydrogen-bond donors (Lipinski definition) is 2. The number of nitrogens with zero attached hydrogens (tertiary/aromatic N) is 5. The monoisotopic (exact) mass is 425 g/mol. The SMILES string of the molecule is c1cc(-c2nc(N3CCNCC3)c3c(C4CC4)cncc3n2)c2cc(C3CCC3)[nH]c2n1. The van der Waals surface area contributed by atoms with Gasteiger partial charge in [0.15, 0.2) is 5.82 Å². The summed E-state index contributed by atoms with van der Waals surface area (Å²) in [6.07, 6.45) is 12.1. The van der Waals surface area contributed by atoms with Gasteiger partial charge in [0.05, 0.1) is 11.7 Å². The maximum absolute atomic E-state index is 5.22. The summed E-state index contributed by atoms with van der Waals surface area (Å²) in [4.78, 5) is 25.4. The summed E-state index contributed by atoms with van der Waals surface area (Å²) in [5.74, 6) is 3.07. The molecule has 4 aromatic heterocycles. The molecule has 2 N–H and O–H groups in total. The molecule has 7 heteroatoms. The van der Waals surface area contributed by atoms with E-state index in [0.717, 1.165) is 59.9 Å². The zero-order valence-electron chi connectivity index (χ0n) is 18.1. The van der Waals surface area contributed by atoms with E-state index < -0.39 is 0 Å². The van der Waals surface area contributed by atoms with Crippen LogP contribution in [0.15, 0.2) is 30.7 Å². The largest absolute Gasteiger partial charge is 0.353 e. The molecule has 1 aliphatic heterocycles. The molecule has 0 spiro atoms. The first kappa shape index (κ1) is 18.5. The van der Waals surface area contributed by atoms with Crippen LogP contribution in [-0.4, -0.2) is 51.1 Å². The molecule has 32 heavy (non-hydrogen) atoms. The van der Waals surface area contributed by atoms with E-state index in [1.165, 1.54) is 48.7 Å². The normalized spacial score (nSPS) is 19.6. The van der Waals surface area contributed by atoms with E-state index in [1.54, 1.807) is 0 Å². The number of aromatic amines is 1. The van der Waals surface area contributed by atoms with Gasteiger partial charge >= 0.3 is 0 Å². The summed E-state index contributed by atoms with van der Waals surface area (Å²) in [5, 5.41) is 5.78. The van der Waals surface area contributed by atoms with Crippen molar-refractivity contribution in [2.45, 2.75) is 43.9 Å². The minimum Gasteiger partial charge on any atom is -0.353 e.